The number of thiol groups is 1. The van der Waals surface area contributed by atoms with E-state index >= 15 is 0 Å². The standard InChI is InChI=1S/C14H28O3S/c1-15-10-11-16-8-5-9-17-12-14(13-18)6-3-2-4-7-14/h18H,2-13H2,1H3. The van der Waals surface area contributed by atoms with E-state index in [-0.39, 0.29) is 0 Å². The Morgan fingerprint density at radius 3 is 2.33 bits per heavy atom. The highest BCUT2D eigenvalue weighted by molar-refractivity contribution is 7.80. The van der Waals surface area contributed by atoms with Crippen LogP contribution in [0.2, 0.25) is 0 Å². The van der Waals surface area contributed by atoms with Gasteiger partial charge >= 0.3 is 0 Å². The number of methoxy groups -OCH3 is 1. The van der Waals surface area contributed by atoms with Crippen molar-refractivity contribution in [3.63, 3.8) is 0 Å². The Labute approximate surface area is 117 Å². The second-order valence-electron chi connectivity index (χ2n) is 5.23. The lowest BCUT2D eigenvalue weighted by Crippen LogP contribution is -2.31. The van der Waals surface area contributed by atoms with Gasteiger partial charge in [-0.25, -0.2) is 0 Å². The Morgan fingerprint density at radius 1 is 0.944 bits per heavy atom. The van der Waals surface area contributed by atoms with Crippen LogP contribution in [-0.2, 0) is 14.2 Å². The molecule has 0 amide bonds. The molecule has 0 bridgehead atoms. The van der Waals surface area contributed by atoms with Crippen molar-refractivity contribution < 1.29 is 14.2 Å². The van der Waals surface area contributed by atoms with Gasteiger partial charge in [-0.3, -0.25) is 0 Å². The van der Waals surface area contributed by atoms with E-state index in [1.807, 2.05) is 0 Å². The molecule has 0 aromatic heterocycles. The second-order valence-corrected chi connectivity index (χ2v) is 5.55. The highest BCUT2D eigenvalue weighted by Gasteiger charge is 2.30. The SMILES string of the molecule is COCCOCCCOCC1(CS)CCCCC1. The summed E-state index contributed by atoms with van der Waals surface area (Å²) < 4.78 is 16.1. The number of rotatable bonds is 10. The maximum Gasteiger partial charge on any atom is 0.0700 e. The predicted molar refractivity (Wildman–Crippen MR) is 77.5 cm³/mol. The lowest BCUT2D eigenvalue weighted by Gasteiger charge is -2.35. The Hall–Kier alpha value is 0.230. The highest BCUT2D eigenvalue weighted by Crippen LogP contribution is 2.37. The largest absolute Gasteiger partial charge is 0.382 e. The molecule has 0 atom stereocenters. The van der Waals surface area contributed by atoms with E-state index in [2.05, 4.69) is 12.6 Å². The Bertz CT molecular complexity index is 193. The molecule has 1 fully saturated rings. The summed E-state index contributed by atoms with van der Waals surface area (Å²) in [7, 11) is 1.69. The van der Waals surface area contributed by atoms with Crippen LogP contribution in [0.15, 0.2) is 0 Å². The molecule has 0 N–H and O–H groups in total. The van der Waals surface area contributed by atoms with Gasteiger partial charge in [0.05, 0.1) is 19.8 Å². The van der Waals surface area contributed by atoms with Crippen LogP contribution in [-0.4, -0.2) is 45.9 Å². The zero-order valence-corrected chi connectivity index (χ0v) is 12.6. The molecule has 1 aliphatic rings. The lowest BCUT2D eigenvalue weighted by atomic mass is 9.76. The van der Waals surface area contributed by atoms with Crippen LogP contribution in [0.25, 0.3) is 0 Å². The van der Waals surface area contributed by atoms with E-state index in [0.717, 1.165) is 32.0 Å². The fourth-order valence-electron chi connectivity index (χ4n) is 2.45. The van der Waals surface area contributed by atoms with Gasteiger partial charge in [0, 0.05) is 25.7 Å². The van der Waals surface area contributed by atoms with Crippen molar-refractivity contribution in [3.8, 4) is 0 Å². The molecule has 0 aliphatic heterocycles. The molecule has 0 aromatic carbocycles. The first-order chi connectivity index (χ1) is 8.83. The molecule has 0 unspecified atom stereocenters. The minimum absolute atomic E-state index is 0.346. The van der Waals surface area contributed by atoms with E-state index in [9.17, 15) is 0 Å². The third-order valence-corrected chi connectivity index (χ3v) is 4.34. The van der Waals surface area contributed by atoms with Crippen molar-refractivity contribution in [3.05, 3.63) is 0 Å². The summed E-state index contributed by atoms with van der Waals surface area (Å²) >= 11 is 4.51. The molecular formula is C14H28O3S. The average molecular weight is 276 g/mol. The normalized spacial score (nSPS) is 19.0. The van der Waals surface area contributed by atoms with Crippen LogP contribution in [0, 0.1) is 5.41 Å². The van der Waals surface area contributed by atoms with Gasteiger partial charge in [0.2, 0.25) is 0 Å². The van der Waals surface area contributed by atoms with Gasteiger partial charge in [0.25, 0.3) is 0 Å². The van der Waals surface area contributed by atoms with Gasteiger partial charge in [-0.2, -0.15) is 12.6 Å². The van der Waals surface area contributed by atoms with Crippen LogP contribution < -0.4 is 0 Å². The van der Waals surface area contributed by atoms with Gasteiger partial charge in [0.1, 0.15) is 0 Å². The third-order valence-electron chi connectivity index (χ3n) is 3.67. The first-order valence-electron chi connectivity index (χ1n) is 7.08. The predicted octanol–water partition coefficient (Wildman–Crippen LogP) is 2.94. The van der Waals surface area contributed by atoms with Crippen molar-refractivity contribution >= 4 is 12.6 Å². The molecule has 0 spiro atoms. The minimum Gasteiger partial charge on any atom is -0.382 e. The van der Waals surface area contributed by atoms with Gasteiger partial charge < -0.3 is 14.2 Å². The van der Waals surface area contributed by atoms with Crippen LogP contribution in [0.4, 0.5) is 0 Å². The zero-order chi connectivity index (χ0) is 13.1. The first-order valence-corrected chi connectivity index (χ1v) is 7.71. The van der Waals surface area contributed by atoms with Crippen molar-refractivity contribution in [1.29, 1.82) is 0 Å². The Kier molecular flexibility index (Phi) is 9.11. The number of hydrogen-bond donors (Lipinski definition) is 1. The summed E-state index contributed by atoms with van der Waals surface area (Å²) in [5.74, 6) is 0.956. The molecule has 0 heterocycles. The van der Waals surface area contributed by atoms with E-state index in [1.165, 1.54) is 32.1 Å². The molecule has 18 heavy (non-hydrogen) atoms. The molecule has 1 saturated carbocycles. The van der Waals surface area contributed by atoms with E-state index in [4.69, 9.17) is 14.2 Å². The minimum atomic E-state index is 0.346. The van der Waals surface area contributed by atoms with Crippen molar-refractivity contribution in [1.82, 2.24) is 0 Å². The van der Waals surface area contributed by atoms with Gasteiger partial charge in [-0.1, -0.05) is 19.3 Å². The van der Waals surface area contributed by atoms with Crippen molar-refractivity contribution in [2.75, 3.05) is 45.9 Å². The van der Waals surface area contributed by atoms with E-state index in [0.29, 0.717) is 18.6 Å². The number of hydrogen-bond acceptors (Lipinski definition) is 4. The van der Waals surface area contributed by atoms with Gasteiger partial charge in [-0.15, -0.1) is 0 Å². The Morgan fingerprint density at radius 2 is 1.67 bits per heavy atom. The zero-order valence-electron chi connectivity index (χ0n) is 11.7. The summed E-state index contributed by atoms with van der Waals surface area (Å²) in [5.41, 5.74) is 0.346. The molecule has 3 nitrogen and oxygen atoms in total. The van der Waals surface area contributed by atoms with Crippen molar-refractivity contribution in [2.24, 2.45) is 5.41 Å². The average Bonchev–Trinajstić information content (AvgIpc) is 2.43. The van der Waals surface area contributed by atoms with Crippen LogP contribution in [0.5, 0.6) is 0 Å². The van der Waals surface area contributed by atoms with Crippen LogP contribution in [0.1, 0.15) is 38.5 Å². The molecule has 4 heteroatoms. The smallest absolute Gasteiger partial charge is 0.0700 e. The molecule has 108 valence electrons. The molecular weight excluding hydrogens is 248 g/mol. The van der Waals surface area contributed by atoms with Crippen LogP contribution >= 0.6 is 12.6 Å². The second kappa shape index (κ2) is 10.1. The van der Waals surface area contributed by atoms with Gasteiger partial charge in [0.15, 0.2) is 0 Å². The summed E-state index contributed by atoms with van der Waals surface area (Å²) in [5, 5.41) is 0. The first kappa shape index (κ1) is 16.3. The highest BCUT2D eigenvalue weighted by atomic mass is 32.1. The summed E-state index contributed by atoms with van der Waals surface area (Å²) in [4.78, 5) is 0. The molecule has 1 rings (SSSR count). The maximum absolute atomic E-state index is 5.81. The summed E-state index contributed by atoms with van der Waals surface area (Å²) in [6, 6.07) is 0. The summed E-state index contributed by atoms with van der Waals surface area (Å²) in [6.07, 6.45) is 7.57. The molecule has 0 aromatic rings. The van der Waals surface area contributed by atoms with Crippen molar-refractivity contribution in [2.45, 2.75) is 38.5 Å². The lowest BCUT2D eigenvalue weighted by molar-refractivity contribution is 0.0158. The fourth-order valence-corrected chi connectivity index (χ4v) is 2.85. The monoisotopic (exact) mass is 276 g/mol. The topological polar surface area (TPSA) is 27.7 Å². The Balaban J connectivity index is 1.98. The third kappa shape index (κ3) is 6.41. The number of ether oxygens (including phenoxy) is 3. The molecule has 0 radical (unpaired) electrons. The fraction of sp³-hybridized carbons (Fsp3) is 1.00. The van der Waals surface area contributed by atoms with Crippen LogP contribution in [0.3, 0.4) is 0 Å². The molecule has 1 aliphatic carbocycles. The summed E-state index contributed by atoms with van der Waals surface area (Å²) in [6.45, 7) is 3.77. The van der Waals surface area contributed by atoms with Gasteiger partial charge in [-0.05, 0) is 25.0 Å². The molecule has 0 saturated heterocycles. The van der Waals surface area contributed by atoms with E-state index in [1.54, 1.807) is 7.11 Å². The van der Waals surface area contributed by atoms with E-state index < -0.39 is 0 Å². The maximum atomic E-state index is 5.81. The quantitative estimate of drug-likeness (QED) is 0.491.